The molecule has 0 atom stereocenters. The highest BCUT2D eigenvalue weighted by molar-refractivity contribution is 7.62. The maximum Gasteiger partial charge on any atom is 0.394 e. The van der Waals surface area contributed by atoms with E-state index in [9.17, 15) is 22.5 Å². The normalized spacial score (nSPS) is 23.1. The number of amides is 1. The van der Waals surface area contributed by atoms with E-state index in [2.05, 4.69) is 6.92 Å². The molecular formula is C27H38F3N4O4P. The van der Waals surface area contributed by atoms with E-state index in [1.165, 1.54) is 0 Å². The maximum atomic E-state index is 13.0. The van der Waals surface area contributed by atoms with Crippen LogP contribution in [0.25, 0.3) is 0 Å². The van der Waals surface area contributed by atoms with Crippen molar-refractivity contribution in [2.24, 2.45) is 11.7 Å². The van der Waals surface area contributed by atoms with Crippen molar-refractivity contribution >= 4 is 18.8 Å². The van der Waals surface area contributed by atoms with Crippen molar-refractivity contribution in [3.05, 3.63) is 47.3 Å². The first kappa shape index (κ1) is 29.8. The Hall–Kier alpha value is -2.20. The van der Waals surface area contributed by atoms with E-state index in [1.54, 1.807) is 32.2 Å². The fourth-order valence-electron chi connectivity index (χ4n) is 5.77. The van der Waals surface area contributed by atoms with Gasteiger partial charge < -0.3 is 14.8 Å². The smallest absolute Gasteiger partial charge is 0.365 e. The highest BCUT2D eigenvalue weighted by Crippen LogP contribution is 2.47. The third-order valence-corrected chi connectivity index (χ3v) is 10.3. The zero-order valence-electron chi connectivity index (χ0n) is 22.7. The molecule has 2 fully saturated rings. The first-order chi connectivity index (χ1) is 18.4. The number of primary amides is 1. The number of alkyl halides is 3. The lowest BCUT2D eigenvalue weighted by Crippen LogP contribution is -2.58. The molecule has 2 aromatic rings. The molecule has 1 aliphatic heterocycles. The summed E-state index contributed by atoms with van der Waals surface area (Å²) in [6.07, 6.45) is 1.82. The van der Waals surface area contributed by atoms with Crippen molar-refractivity contribution in [3.63, 3.8) is 0 Å². The minimum atomic E-state index is -4.12. The molecule has 12 heteroatoms. The predicted octanol–water partition coefficient (Wildman–Crippen LogP) is 5.01. The number of likely N-dealkylation sites (tertiary alicyclic amines) is 1. The van der Waals surface area contributed by atoms with Gasteiger partial charge in [-0.1, -0.05) is 19.1 Å². The second kappa shape index (κ2) is 11.7. The topological polar surface area (TPSA) is 99.7 Å². The molecule has 1 saturated carbocycles. The first-order valence-corrected chi connectivity index (χ1v) is 15.2. The van der Waals surface area contributed by atoms with Gasteiger partial charge >= 0.3 is 13.8 Å². The van der Waals surface area contributed by atoms with Crippen molar-refractivity contribution in [2.45, 2.75) is 77.1 Å². The Morgan fingerprint density at radius 2 is 1.69 bits per heavy atom. The SMILES string of the molecule is CCOP(=O)(OCC)c1ccc(Cc2nn(C3(CC)CCC(N4CC(C(F)(F)F)C4)CC3)cc2C(N)=O)cc1. The van der Waals surface area contributed by atoms with Crippen molar-refractivity contribution in [1.82, 2.24) is 14.7 Å². The lowest BCUT2D eigenvalue weighted by Gasteiger charge is -2.49. The second-order valence-electron chi connectivity index (χ2n) is 10.5. The lowest BCUT2D eigenvalue weighted by molar-refractivity contribution is -0.215. The molecule has 0 radical (unpaired) electrons. The molecule has 2 aliphatic rings. The number of halogens is 3. The average molecular weight is 571 g/mol. The molecule has 1 aromatic carbocycles. The van der Waals surface area contributed by atoms with Crippen LogP contribution >= 0.6 is 7.60 Å². The number of aromatic nitrogens is 2. The van der Waals surface area contributed by atoms with E-state index in [-0.39, 0.29) is 37.9 Å². The highest BCUT2D eigenvalue weighted by Gasteiger charge is 2.50. The minimum Gasteiger partial charge on any atom is -0.365 e. The Kier molecular flexibility index (Phi) is 8.95. The zero-order valence-corrected chi connectivity index (χ0v) is 23.6. The molecule has 1 saturated heterocycles. The summed E-state index contributed by atoms with van der Waals surface area (Å²) < 4.78 is 64.6. The van der Waals surface area contributed by atoms with Gasteiger partial charge in [0.15, 0.2) is 0 Å². The van der Waals surface area contributed by atoms with E-state index in [0.29, 0.717) is 23.0 Å². The average Bonchev–Trinajstić information content (AvgIpc) is 3.28. The van der Waals surface area contributed by atoms with Crippen molar-refractivity contribution in [1.29, 1.82) is 0 Å². The van der Waals surface area contributed by atoms with Crippen LogP contribution in [-0.4, -0.2) is 59.1 Å². The Morgan fingerprint density at radius 1 is 1.10 bits per heavy atom. The van der Waals surface area contributed by atoms with Crippen LogP contribution in [0, 0.1) is 5.92 Å². The van der Waals surface area contributed by atoms with Gasteiger partial charge in [0.1, 0.15) is 0 Å². The van der Waals surface area contributed by atoms with Crippen LogP contribution in [0.5, 0.6) is 0 Å². The molecule has 1 aliphatic carbocycles. The highest BCUT2D eigenvalue weighted by atomic mass is 31.2. The van der Waals surface area contributed by atoms with Crippen LogP contribution in [0.15, 0.2) is 30.5 Å². The lowest BCUT2D eigenvalue weighted by atomic mass is 9.76. The zero-order chi connectivity index (χ0) is 28.4. The summed E-state index contributed by atoms with van der Waals surface area (Å²) in [5.41, 5.74) is 7.16. The van der Waals surface area contributed by atoms with Gasteiger partial charge in [0.25, 0.3) is 5.91 Å². The van der Waals surface area contributed by atoms with Crippen LogP contribution in [0.4, 0.5) is 13.2 Å². The monoisotopic (exact) mass is 570 g/mol. The van der Waals surface area contributed by atoms with Gasteiger partial charge in [-0.3, -0.25) is 18.9 Å². The summed E-state index contributed by atoms with van der Waals surface area (Å²) in [5.74, 6) is -1.79. The van der Waals surface area contributed by atoms with Crippen LogP contribution in [0.3, 0.4) is 0 Å². The maximum absolute atomic E-state index is 13.0. The summed E-state index contributed by atoms with van der Waals surface area (Å²) in [6.45, 7) is 6.25. The number of hydrogen-bond donors (Lipinski definition) is 1. The van der Waals surface area contributed by atoms with Gasteiger partial charge in [-0.05, 0) is 63.6 Å². The van der Waals surface area contributed by atoms with E-state index in [1.807, 2.05) is 21.7 Å². The van der Waals surface area contributed by atoms with Gasteiger partial charge in [0, 0.05) is 31.7 Å². The molecule has 39 heavy (non-hydrogen) atoms. The first-order valence-electron chi connectivity index (χ1n) is 13.6. The molecule has 8 nitrogen and oxygen atoms in total. The summed E-state index contributed by atoms with van der Waals surface area (Å²) in [4.78, 5) is 14.3. The minimum absolute atomic E-state index is 0.0778. The summed E-state index contributed by atoms with van der Waals surface area (Å²) >= 11 is 0. The fraction of sp³-hybridized carbons (Fsp3) is 0.630. The number of nitrogens with zero attached hydrogens (tertiary/aromatic N) is 3. The second-order valence-corrected chi connectivity index (χ2v) is 12.5. The van der Waals surface area contributed by atoms with Crippen LogP contribution < -0.4 is 11.0 Å². The molecular weight excluding hydrogens is 532 g/mol. The molecule has 1 amide bonds. The standard InChI is InChI=1S/C27H38F3N4O4P/c1-4-26(13-11-21(12-14-26)33-16-20(17-33)27(28,29)30)34-18-23(25(31)35)24(32-34)15-19-7-9-22(10-8-19)39(36,37-5-2)38-6-3/h7-10,18,20-21H,4-6,11-17H2,1-3H3,(H2,31,35). The summed E-state index contributed by atoms with van der Waals surface area (Å²) in [6, 6.07) is 7.17. The quantitative estimate of drug-likeness (QED) is 0.382. The molecule has 2 N–H and O–H groups in total. The van der Waals surface area contributed by atoms with Gasteiger partial charge in [-0.25, -0.2) is 0 Å². The van der Waals surface area contributed by atoms with Crippen LogP contribution in [0.1, 0.15) is 74.5 Å². The van der Waals surface area contributed by atoms with E-state index in [4.69, 9.17) is 19.9 Å². The Morgan fingerprint density at radius 3 is 2.18 bits per heavy atom. The van der Waals surface area contributed by atoms with Gasteiger partial charge in [0.05, 0.1) is 41.2 Å². The van der Waals surface area contributed by atoms with Crippen LogP contribution in [0.2, 0.25) is 0 Å². The number of benzene rings is 1. The molecule has 0 spiro atoms. The third kappa shape index (κ3) is 6.26. The summed E-state index contributed by atoms with van der Waals surface area (Å²) in [5, 5.41) is 5.28. The van der Waals surface area contributed by atoms with Crippen LogP contribution in [-0.2, 0) is 25.6 Å². The Balaban J connectivity index is 1.48. The number of hydrogen-bond acceptors (Lipinski definition) is 6. The third-order valence-electron chi connectivity index (χ3n) is 8.20. The molecule has 1 aromatic heterocycles. The van der Waals surface area contributed by atoms with Crippen molar-refractivity contribution < 1.29 is 31.6 Å². The molecule has 0 unspecified atom stereocenters. The van der Waals surface area contributed by atoms with Gasteiger partial charge in [-0.15, -0.1) is 0 Å². The van der Waals surface area contributed by atoms with Gasteiger partial charge in [-0.2, -0.15) is 18.3 Å². The predicted molar refractivity (Wildman–Crippen MR) is 142 cm³/mol. The molecule has 2 heterocycles. The Bertz CT molecular complexity index is 1180. The Labute approximate surface area is 227 Å². The number of carbonyl (C=O) groups excluding carboxylic acids is 1. The number of rotatable bonds is 11. The van der Waals surface area contributed by atoms with Crippen molar-refractivity contribution in [3.8, 4) is 0 Å². The van der Waals surface area contributed by atoms with E-state index in [0.717, 1.165) is 37.7 Å². The molecule has 4 rings (SSSR count). The van der Waals surface area contributed by atoms with E-state index < -0.39 is 25.6 Å². The molecule has 216 valence electrons. The van der Waals surface area contributed by atoms with E-state index >= 15 is 0 Å². The molecule has 0 bridgehead atoms. The van der Waals surface area contributed by atoms with Crippen molar-refractivity contribution in [2.75, 3.05) is 26.3 Å². The summed E-state index contributed by atoms with van der Waals surface area (Å²) in [7, 11) is -3.40. The fourth-order valence-corrected chi connectivity index (χ4v) is 7.34. The number of carbonyl (C=O) groups is 1. The largest absolute Gasteiger partial charge is 0.394 e. The van der Waals surface area contributed by atoms with Gasteiger partial charge in [0.2, 0.25) is 0 Å². The number of nitrogens with two attached hydrogens (primary N) is 1.